The first-order valence-corrected chi connectivity index (χ1v) is 8.04. The Morgan fingerprint density at radius 2 is 1.67 bits per heavy atom. The maximum absolute atomic E-state index is 6.14. The molecule has 116 valence electrons. The Balaban J connectivity index is 1.83. The Morgan fingerprint density at radius 1 is 0.833 bits per heavy atom. The molecule has 0 saturated carbocycles. The van der Waals surface area contributed by atoms with Crippen LogP contribution in [0.3, 0.4) is 0 Å². The maximum Gasteiger partial charge on any atom is 0.178 e. The second kappa shape index (κ2) is 6.02. The lowest BCUT2D eigenvalue weighted by molar-refractivity contribution is 1.18. The van der Waals surface area contributed by atoms with Crippen molar-refractivity contribution in [2.45, 2.75) is 6.92 Å². The number of nitrogens with zero attached hydrogens (tertiary/aromatic N) is 3. The highest BCUT2D eigenvalue weighted by Gasteiger charge is 2.09. The van der Waals surface area contributed by atoms with Gasteiger partial charge in [0.15, 0.2) is 5.82 Å². The Kier molecular flexibility index (Phi) is 3.71. The van der Waals surface area contributed by atoms with Crippen molar-refractivity contribution in [2.75, 3.05) is 0 Å². The van der Waals surface area contributed by atoms with E-state index < -0.39 is 0 Å². The third kappa shape index (κ3) is 2.74. The van der Waals surface area contributed by atoms with E-state index in [1.54, 1.807) is 0 Å². The van der Waals surface area contributed by atoms with Crippen LogP contribution in [0.1, 0.15) is 5.56 Å². The van der Waals surface area contributed by atoms with E-state index >= 15 is 0 Å². The molecule has 0 unspecified atom stereocenters. The molecule has 2 aromatic carbocycles. The lowest BCUT2D eigenvalue weighted by Gasteiger charge is -2.08. The van der Waals surface area contributed by atoms with Crippen LogP contribution in [-0.4, -0.2) is 15.0 Å². The SMILES string of the molecule is Cc1ccc(Cl)cc1-c1cccc(-c2ncc3ccccc3n2)n1. The van der Waals surface area contributed by atoms with Gasteiger partial charge in [0.1, 0.15) is 5.69 Å². The van der Waals surface area contributed by atoms with Crippen LogP contribution >= 0.6 is 11.6 Å². The smallest absolute Gasteiger partial charge is 0.178 e. The summed E-state index contributed by atoms with van der Waals surface area (Å²) in [7, 11) is 0. The molecular weight excluding hydrogens is 318 g/mol. The van der Waals surface area contributed by atoms with E-state index in [1.807, 2.05) is 73.8 Å². The number of fused-ring (bicyclic) bond motifs is 1. The molecule has 0 bridgehead atoms. The number of pyridine rings is 1. The van der Waals surface area contributed by atoms with Gasteiger partial charge in [0.25, 0.3) is 0 Å². The minimum atomic E-state index is 0.621. The zero-order valence-corrected chi connectivity index (χ0v) is 13.8. The fourth-order valence-electron chi connectivity index (χ4n) is 2.67. The van der Waals surface area contributed by atoms with Crippen LogP contribution in [0.4, 0.5) is 0 Å². The minimum absolute atomic E-state index is 0.621. The van der Waals surface area contributed by atoms with E-state index in [9.17, 15) is 0 Å². The van der Waals surface area contributed by atoms with Crippen LogP contribution in [0.2, 0.25) is 5.02 Å². The standard InChI is InChI=1S/C20H14ClN3/c1-13-9-10-15(21)11-16(13)18-7-4-8-19(23-18)20-22-12-14-5-2-3-6-17(14)24-20/h2-12H,1H3. The average Bonchev–Trinajstić information content (AvgIpc) is 2.63. The third-order valence-electron chi connectivity index (χ3n) is 3.94. The van der Waals surface area contributed by atoms with Gasteiger partial charge in [-0.15, -0.1) is 0 Å². The molecule has 0 atom stereocenters. The van der Waals surface area contributed by atoms with E-state index in [4.69, 9.17) is 16.6 Å². The van der Waals surface area contributed by atoms with Crippen molar-refractivity contribution in [3.63, 3.8) is 0 Å². The van der Waals surface area contributed by atoms with Crippen LogP contribution < -0.4 is 0 Å². The second-order valence-electron chi connectivity index (χ2n) is 5.62. The molecule has 4 rings (SSSR count). The molecule has 0 aliphatic rings. The van der Waals surface area contributed by atoms with Crippen LogP contribution in [0, 0.1) is 6.92 Å². The summed E-state index contributed by atoms with van der Waals surface area (Å²) in [5.41, 5.74) is 4.67. The molecule has 0 spiro atoms. The molecule has 24 heavy (non-hydrogen) atoms. The molecule has 3 nitrogen and oxygen atoms in total. The average molecular weight is 332 g/mol. The summed E-state index contributed by atoms with van der Waals surface area (Å²) in [5, 5.41) is 1.72. The van der Waals surface area contributed by atoms with Gasteiger partial charge < -0.3 is 0 Å². The molecule has 4 aromatic rings. The summed E-state index contributed by atoms with van der Waals surface area (Å²) in [5.74, 6) is 0.621. The molecular formula is C20H14ClN3. The molecule has 0 fully saturated rings. The zero-order valence-electron chi connectivity index (χ0n) is 13.1. The van der Waals surface area contributed by atoms with Crippen molar-refractivity contribution in [1.29, 1.82) is 0 Å². The van der Waals surface area contributed by atoms with Crippen molar-refractivity contribution in [2.24, 2.45) is 0 Å². The molecule has 0 aliphatic carbocycles. The normalized spacial score (nSPS) is 10.9. The van der Waals surface area contributed by atoms with E-state index in [0.717, 1.165) is 33.4 Å². The van der Waals surface area contributed by atoms with Gasteiger partial charge >= 0.3 is 0 Å². The van der Waals surface area contributed by atoms with Crippen molar-refractivity contribution in [3.05, 3.63) is 77.4 Å². The lowest BCUT2D eigenvalue weighted by atomic mass is 10.0. The Labute approximate surface area is 145 Å². The number of para-hydroxylation sites is 1. The van der Waals surface area contributed by atoms with Crippen LogP contribution in [0.25, 0.3) is 33.7 Å². The first-order valence-electron chi connectivity index (χ1n) is 7.66. The van der Waals surface area contributed by atoms with Crippen molar-refractivity contribution in [3.8, 4) is 22.8 Å². The first kappa shape index (κ1) is 14.8. The van der Waals surface area contributed by atoms with Gasteiger partial charge in [-0.1, -0.05) is 41.9 Å². The highest BCUT2D eigenvalue weighted by Crippen LogP contribution is 2.27. The maximum atomic E-state index is 6.14. The molecule has 0 saturated heterocycles. The number of benzene rings is 2. The first-order chi connectivity index (χ1) is 11.7. The molecule has 0 amide bonds. The largest absolute Gasteiger partial charge is 0.244 e. The molecule has 0 aliphatic heterocycles. The van der Waals surface area contributed by atoms with Crippen molar-refractivity contribution < 1.29 is 0 Å². The Hall–Kier alpha value is -2.78. The van der Waals surface area contributed by atoms with Gasteiger partial charge in [0, 0.05) is 22.2 Å². The quantitative estimate of drug-likeness (QED) is 0.499. The number of aromatic nitrogens is 3. The summed E-state index contributed by atoms with van der Waals surface area (Å²) < 4.78 is 0. The summed E-state index contributed by atoms with van der Waals surface area (Å²) in [4.78, 5) is 13.8. The highest BCUT2D eigenvalue weighted by molar-refractivity contribution is 6.30. The van der Waals surface area contributed by atoms with Gasteiger partial charge in [-0.2, -0.15) is 0 Å². The van der Waals surface area contributed by atoms with Gasteiger partial charge in [-0.25, -0.2) is 15.0 Å². The lowest BCUT2D eigenvalue weighted by Crippen LogP contribution is -1.94. The van der Waals surface area contributed by atoms with Crippen LogP contribution in [0.5, 0.6) is 0 Å². The van der Waals surface area contributed by atoms with Gasteiger partial charge in [-0.05, 0) is 42.8 Å². The summed E-state index contributed by atoms with van der Waals surface area (Å²) >= 11 is 6.14. The third-order valence-corrected chi connectivity index (χ3v) is 4.18. The molecule has 0 radical (unpaired) electrons. The monoisotopic (exact) mass is 331 g/mol. The number of rotatable bonds is 2. The molecule has 0 N–H and O–H groups in total. The molecule has 2 heterocycles. The van der Waals surface area contributed by atoms with Crippen molar-refractivity contribution in [1.82, 2.24) is 15.0 Å². The fourth-order valence-corrected chi connectivity index (χ4v) is 2.85. The summed E-state index contributed by atoms with van der Waals surface area (Å²) in [6, 6.07) is 19.6. The van der Waals surface area contributed by atoms with Crippen LogP contribution in [0.15, 0.2) is 66.9 Å². The van der Waals surface area contributed by atoms with E-state index in [1.165, 1.54) is 0 Å². The predicted molar refractivity (Wildman–Crippen MR) is 98.0 cm³/mol. The topological polar surface area (TPSA) is 38.7 Å². The van der Waals surface area contributed by atoms with E-state index in [0.29, 0.717) is 10.8 Å². The molecule has 2 aromatic heterocycles. The summed E-state index contributed by atoms with van der Waals surface area (Å²) in [6.45, 7) is 2.05. The van der Waals surface area contributed by atoms with Gasteiger partial charge in [-0.3, -0.25) is 0 Å². The predicted octanol–water partition coefficient (Wildman–Crippen LogP) is 5.32. The molecule has 4 heteroatoms. The van der Waals surface area contributed by atoms with E-state index in [-0.39, 0.29) is 0 Å². The van der Waals surface area contributed by atoms with Crippen molar-refractivity contribution >= 4 is 22.5 Å². The fraction of sp³-hybridized carbons (Fsp3) is 0.0500. The number of aryl methyl sites for hydroxylation is 1. The van der Waals surface area contributed by atoms with Gasteiger partial charge in [0.2, 0.25) is 0 Å². The number of hydrogen-bond donors (Lipinski definition) is 0. The minimum Gasteiger partial charge on any atom is -0.244 e. The Bertz CT molecular complexity index is 1040. The second-order valence-corrected chi connectivity index (χ2v) is 6.06. The van der Waals surface area contributed by atoms with Crippen LogP contribution in [-0.2, 0) is 0 Å². The highest BCUT2D eigenvalue weighted by atomic mass is 35.5. The number of halogens is 1. The zero-order chi connectivity index (χ0) is 16.5. The van der Waals surface area contributed by atoms with E-state index in [2.05, 4.69) is 9.97 Å². The Morgan fingerprint density at radius 3 is 2.58 bits per heavy atom. The van der Waals surface area contributed by atoms with Gasteiger partial charge in [0.05, 0.1) is 11.2 Å². The summed E-state index contributed by atoms with van der Waals surface area (Å²) in [6.07, 6.45) is 1.83. The number of hydrogen-bond acceptors (Lipinski definition) is 3.